The monoisotopic (exact) mass is 173 g/mol. The van der Waals surface area contributed by atoms with Gasteiger partial charge in [-0.3, -0.25) is 4.98 Å². The molecule has 0 saturated heterocycles. The highest BCUT2D eigenvalue weighted by molar-refractivity contribution is 5.61. The van der Waals surface area contributed by atoms with Crippen molar-refractivity contribution in [1.82, 2.24) is 14.5 Å². The molecular weight excluding hydrogens is 162 g/mol. The van der Waals surface area contributed by atoms with E-state index in [1.807, 2.05) is 37.0 Å². The zero-order chi connectivity index (χ0) is 9.26. The van der Waals surface area contributed by atoms with Crippen LogP contribution in [0.3, 0.4) is 0 Å². The third-order valence-electron chi connectivity index (χ3n) is 2.00. The Morgan fingerprint density at radius 2 is 2.23 bits per heavy atom. The van der Waals surface area contributed by atoms with Gasteiger partial charge in [0.1, 0.15) is 0 Å². The van der Waals surface area contributed by atoms with Crippen molar-refractivity contribution in [2.75, 3.05) is 0 Å². The van der Waals surface area contributed by atoms with Gasteiger partial charge in [-0.1, -0.05) is 0 Å². The highest BCUT2D eigenvalue weighted by Crippen LogP contribution is 2.19. The molecule has 2 aromatic heterocycles. The largest absolute Gasteiger partial charge is 0.340 e. The minimum atomic E-state index is 1.00. The van der Waals surface area contributed by atoms with Crippen molar-refractivity contribution in [3.63, 3.8) is 0 Å². The molecule has 3 nitrogen and oxygen atoms in total. The Hall–Kier alpha value is -1.64. The molecule has 0 aliphatic heterocycles. The lowest BCUT2D eigenvalue weighted by molar-refractivity contribution is 0.913. The molecule has 0 aliphatic carbocycles. The average Bonchev–Trinajstić information content (AvgIpc) is 2.53. The second-order valence-electron chi connectivity index (χ2n) is 3.11. The standard InChI is InChI=1S/C10H11N3/c1-8-5-11-4-3-9(8)10-6-13(2)7-12-10/h3-7H,1-2H3. The first-order valence-corrected chi connectivity index (χ1v) is 4.16. The minimum absolute atomic E-state index is 1.00. The van der Waals surface area contributed by atoms with Gasteiger partial charge in [-0.2, -0.15) is 0 Å². The van der Waals surface area contributed by atoms with Gasteiger partial charge >= 0.3 is 0 Å². The summed E-state index contributed by atoms with van der Waals surface area (Å²) in [5, 5.41) is 0. The van der Waals surface area contributed by atoms with E-state index in [9.17, 15) is 0 Å². The van der Waals surface area contributed by atoms with E-state index >= 15 is 0 Å². The number of pyridine rings is 1. The molecule has 0 bridgehead atoms. The quantitative estimate of drug-likeness (QED) is 0.658. The normalized spacial score (nSPS) is 10.3. The number of imidazole rings is 1. The van der Waals surface area contributed by atoms with Crippen molar-refractivity contribution in [3.05, 3.63) is 36.5 Å². The van der Waals surface area contributed by atoms with Gasteiger partial charge in [0, 0.05) is 31.2 Å². The third kappa shape index (κ3) is 1.45. The van der Waals surface area contributed by atoms with Gasteiger partial charge in [0.25, 0.3) is 0 Å². The zero-order valence-electron chi connectivity index (χ0n) is 7.73. The number of rotatable bonds is 1. The molecule has 2 heterocycles. The Balaban J connectivity index is 2.52. The van der Waals surface area contributed by atoms with Crippen LogP contribution in [-0.2, 0) is 7.05 Å². The van der Waals surface area contributed by atoms with E-state index in [-0.39, 0.29) is 0 Å². The summed E-state index contributed by atoms with van der Waals surface area (Å²) in [7, 11) is 1.97. The van der Waals surface area contributed by atoms with E-state index < -0.39 is 0 Å². The SMILES string of the molecule is Cc1cnccc1-c1cn(C)cn1. The van der Waals surface area contributed by atoms with Crippen LogP contribution in [0.1, 0.15) is 5.56 Å². The first-order chi connectivity index (χ1) is 6.27. The molecule has 0 radical (unpaired) electrons. The number of aromatic nitrogens is 3. The molecule has 13 heavy (non-hydrogen) atoms. The van der Waals surface area contributed by atoms with E-state index in [2.05, 4.69) is 9.97 Å². The molecule has 0 N–H and O–H groups in total. The van der Waals surface area contributed by atoms with Crippen molar-refractivity contribution in [3.8, 4) is 11.3 Å². The molecule has 2 rings (SSSR count). The molecule has 66 valence electrons. The topological polar surface area (TPSA) is 30.7 Å². The van der Waals surface area contributed by atoms with Crippen molar-refractivity contribution >= 4 is 0 Å². The Morgan fingerprint density at radius 1 is 1.38 bits per heavy atom. The lowest BCUT2D eigenvalue weighted by Gasteiger charge is -1.99. The molecule has 0 fully saturated rings. The van der Waals surface area contributed by atoms with Gasteiger partial charge in [0.15, 0.2) is 0 Å². The summed E-state index contributed by atoms with van der Waals surface area (Å²) in [4.78, 5) is 8.32. The molecule has 0 atom stereocenters. The maximum atomic E-state index is 4.28. The minimum Gasteiger partial charge on any atom is -0.340 e. The first-order valence-electron chi connectivity index (χ1n) is 4.16. The number of aryl methyl sites for hydroxylation is 2. The van der Waals surface area contributed by atoms with Crippen LogP contribution in [0.25, 0.3) is 11.3 Å². The summed E-state index contributed by atoms with van der Waals surface area (Å²) < 4.78 is 1.94. The predicted octanol–water partition coefficient (Wildman–Crippen LogP) is 1.79. The summed E-state index contributed by atoms with van der Waals surface area (Å²) in [6.07, 6.45) is 7.44. The average molecular weight is 173 g/mol. The molecule has 0 amide bonds. The molecule has 3 heteroatoms. The van der Waals surface area contributed by atoms with E-state index in [4.69, 9.17) is 0 Å². The molecule has 2 aromatic rings. The van der Waals surface area contributed by atoms with Crippen LogP contribution >= 0.6 is 0 Å². The van der Waals surface area contributed by atoms with Crippen LogP contribution < -0.4 is 0 Å². The van der Waals surface area contributed by atoms with Crippen LogP contribution in [-0.4, -0.2) is 14.5 Å². The summed E-state index contributed by atoms with van der Waals surface area (Å²) in [6, 6.07) is 1.98. The second-order valence-corrected chi connectivity index (χ2v) is 3.11. The zero-order valence-corrected chi connectivity index (χ0v) is 7.73. The van der Waals surface area contributed by atoms with Gasteiger partial charge in [-0.05, 0) is 18.6 Å². The smallest absolute Gasteiger partial charge is 0.0951 e. The van der Waals surface area contributed by atoms with Gasteiger partial charge < -0.3 is 4.57 Å². The summed E-state index contributed by atoms with van der Waals surface area (Å²) in [6.45, 7) is 2.04. The highest BCUT2D eigenvalue weighted by Gasteiger charge is 2.02. The summed E-state index contributed by atoms with van der Waals surface area (Å²) in [5.74, 6) is 0. The van der Waals surface area contributed by atoms with Crippen LogP contribution in [0.4, 0.5) is 0 Å². The van der Waals surface area contributed by atoms with Crippen LogP contribution in [0.15, 0.2) is 31.0 Å². The molecule has 0 aromatic carbocycles. The van der Waals surface area contributed by atoms with Crippen LogP contribution in [0.5, 0.6) is 0 Å². The predicted molar refractivity (Wildman–Crippen MR) is 51.2 cm³/mol. The van der Waals surface area contributed by atoms with Crippen molar-refractivity contribution in [2.45, 2.75) is 6.92 Å². The fourth-order valence-electron chi connectivity index (χ4n) is 1.31. The maximum Gasteiger partial charge on any atom is 0.0951 e. The highest BCUT2D eigenvalue weighted by atomic mass is 15.0. The lowest BCUT2D eigenvalue weighted by atomic mass is 10.1. The molecule has 0 saturated carbocycles. The Kier molecular flexibility index (Phi) is 1.85. The van der Waals surface area contributed by atoms with Gasteiger partial charge in [-0.15, -0.1) is 0 Å². The van der Waals surface area contributed by atoms with Crippen LogP contribution in [0.2, 0.25) is 0 Å². The van der Waals surface area contributed by atoms with Crippen molar-refractivity contribution in [2.24, 2.45) is 7.05 Å². The summed E-state index contributed by atoms with van der Waals surface area (Å²) in [5.41, 5.74) is 3.30. The molecule has 0 aliphatic rings. The summed E-state index contributed by atoms with van der Waals surface area (Å²) >= 11 is 0. The van der Waals surface area contributed by atoms with Crippen LogP contribution in [0, 0.1) is 6.92 Å². The molecule has 0 unspecified atom stereocenters. The first kappa shape index (κ1) is 7.98. The Bertz CT molecular complexity index is 418. The van der Waals surface area contributed by atoms with Crippen molar-refractivity contribution in [1.29, 1.82) is 0 Å². The number of hydrogen-bond donors (Lipinski definition) is 0. The molecule has 0 spiro atoms. The number of nitrogens with zero attached hydrogens (tertiary/aromatic N) is 3. The lowest BCUT2D eigenvalue weighted by Crippen LogP contribution is -1.84. The molecular formula is C10H11N3. The Labute approximate surface area is 77.1 Å². The second kappa shape index (κ2) is 3.01. The fraction of sp³-hybridized carbons (Fsp3) is 0.200. The number of hydrogen-bond acceptors (Lipinski definition) is 2. The van der Waals surface area contributed by atoms with E-state index in [1.54, 1.807) is 12.5 Å². The van der Waals surface area contributed by atoms with E-state index in [1.165, 1.54) is 0 Å². The maximum absolute atomic E-state index is 4.28. The van der Waals surface area contributed by atoms with Crippen molar-refractivity contribution < 1.29 is 0 Å². The van der Waals surface area contributed by atoms with E-state index in [0.717, 1.165) is 16.8 Å². The fourth-order valence-corrected chi connectivity index (χ4v) is 1.31. The van der Waals surface area contributed by atoms with Gasteiger partial charge in [-0.25, -0.2) is 4.98 Å². The van der Waals surface area contributed by atoms with Gasteiger partial charge in [0.05, 0.1) is 12.0 Å². The third-order valence-corrected chi connectivity index (χ3v) is 2.00. The van der Waals surface area contributed by atoms with E-state index in [0.29, 0.717) is 0 Å². The Morgan fingerprint density at radius 3 is 2.85 bits per heavy atom. The van der Waals surface area contributed by atoms with Gasteiger partial charge in [0.2, 0.25) is 0 Å².